The van der Waals surface area contributed by atoms with Crippen molar-refractivity contribution in [1.29, 1.82) is 0 Å². The molecule has 0 amide bonds. The fourth-order valence-corrected chi connectivity index (χ4v) is 2.60. The van der Waals surface area contributed by atoms with Gasteiger partial charge < -0.3 is 14.0 Å². The first-order valence-corrected chi connectivity index (χ1v) is 5.33. The second-order valence-electron chi connectivity index (χ2n) is 4.16. The van der Waals surface area contributed by atoms with Gasteiger partial charge in [-0.2, -0.15) is 0 Å². The normalized spacial score (nSPS) is 17.3. The van der Waals surface area contributed by atoms with Gasteiger partial charge in [-0.1, -0.05) is 0 Å². The Labute approximate surface area is 87.2 Å². The predicted octanol–water partition coefficient (Wildman–Crippen LogP) is 2.32. The first-order chi connectivity index (χ1) is 7.42. The molecule has 1 aromatic heterocycles. The van der Waals surface area contributed by atoms with Crippen molar-refractivity contribution in [2.45, 2.75) is 19.4 Å². The molecular weight excluding hydrogens is 190 g/mol. The Morgan fingerprint density at radius 2 is 1.93 bits per heavy atom. The van der Waals surface area contributed by atoms with Gasteiger partial charge in [-0.05, 0) is 25.0 Å². The van der Waals surface area contributed by atoms with Gasteiger partial charge in [-0.25, -0.2) is 0 Å². The van der Waals surface area contributed by atoms with Crippen molar-refractivity contribution in [3.05, 3.63) is 23.9 Å². The minimum atomic E-state index is 0.356. The number of rotatable bonds is 0. The van der Waals surface area contributed by atoms with Crippen LogP contribution in [0.5, 0.6) is 11.5 Å². The lowest BCUT2D eigenvalue weighted by molar-refractivity contribution is 0.174. The molecule has 0 atom stereocenters. The Morgan fingerprint density at radius 1 is 1.07 bits per heavy atom. The molecule has 76 valence electrons. The van der Waals surface area contributed by atoms with Gasteiger partial charge in [0.15, 0.2) is 11.5 Å². The van der Waals surface area contributed by atoms with E-state index in [0.29, 0.717) is 6.79 Å². The topological polar surface area (TPSA) is 23.4 Å². The van der Waals surface area contributed by atoms with Crippen LogP contribution in [0.2, 0.25) is 0 Å². The fourth-order valence-electron chi connectivity index (χ4n) is 2.60. The van der Waals surface area contributed by atoms with Gasteiger partial charge in [0, 0.05) is 23.7 Å². The lowest BCUT2D eigenvalue weighted by Gasteiger charge is -2.01. The van der Waals surface area contributed by atoms with Crippen LogP contribution >= 0.6 is 0 Å². The molecule has 0 spiro atoms. The number of aryl methyl sites for hydroxylation is 2. The zero-order valence-corrected chi connectivity index (χ0v) is 8.32. The predicted molar refractivity (Wildman–Crippen MR) is 56.4 cm³/mol. The summed E-state index contributed by atoms with van der Waals surface area (Å²) in [5, 5.41) is 1.27. The van der Waals surface area contributed by atoms with E-state index >= 15 is 0 Å². The number of nitrogens with zero attached hydrogens (tertiary/aromatic N) is 1. The van der Waals surface area contributed by atoms with E-state index in [9.17, 15) is 0 Å². The minimum Gasteiger partial charge on any atom is -0.454 e. The van der Waals surface area contributed by atoms with Crippen molar-refractivity contribution >= 4 is 10.9 Å². The van der Waals surface area contributed by atoms with Crippen molar-refractivity contribution in [3.8, 4) is 11.5 Å². The van der Waals surface area contributed by atoms with Crippen LogP contribution in [0.4, 0.5) is 0 Å². The molecule has 2 aromatic rings. The third kappa shape index (κ3) is 0.902. The Kier molecular flexibility index (Phi) is 1.26. The highest BCUT2D eigenvalue weighted by Crippen LogP contribution is 2.38. The van der Waals surface area contributed by atoms with Gasteiger partial charge in [-0.15, -0.1) is 0 Å². The van der Waals surface area contributed by atoms with E-state index in [1.165, 1.54) is 29.4 Å². The summed E-state index contributed by atoms with van der Waals surface area (Å²) in [7, 11) is 0. The first-order valence-electron chi connectivity index (χ1n) is 5.33. The van der Waals surface area contributed by atoms with Gasteiger partial charge in [0.1, 0.15) is 0 Å². The van der Waals surface area contributed by atoms with Crippen LogP contribution in [0.25, 0.3) is 10.9 Å². The Morgan fingerprint density at radius 3 is 2.87 bits per heavy atom. The third-order valence-electron chi connectivity index (χ3n) is 3.30. The Bertz CT molecular complexity index is 554. The highest BCUT2D eigenvalue weighted by molar-refractivity contribution is 5.85. The maximum Gasteiger partial charge on any atom is 0.231 e. The number of fused-ring (bicyclic) bond motifs is 4. The monoisotopic (exact) mass is 201 g/mol. The second kappa shape index (κ2) is 2.48. The number of ether oxygens (including phenoxy) is 2. The van der Waals surface area contributed by atoms with Crippen molar-refractivity contribution in [3.63, 3.8) is 0 Å². The molecule has 1 aromatic carbocycles. The molecule has 0 aliphatic carbocycles. The van der Waals surface area contributed by atoms with Crippen molar-refractivity contribution < 1.29 is 9.47 Å². The minimum absolute atomic E-state index is 0.356. The van der Waals surface area contributed by atoms with Gasteiger partial charge in [0.05, 0.1) is 5.52 Å². The molecule has 0 radical (unpaired) electrons. The van der Waals surface area contributed by atoms with Crippen LogP contribution in [0, 0.1) is 0 Å². The standard InChI is InChI=1S/C12H11NO2/c1-2-9-4-8-5-11-12(15-7-14-11)6-10(8)13(9)3-1/h4-6H,1-3,7H2. The van der Waals surface area contributed by atoms with Crippen LogP contribution < -0.4 is 9.47 Å². The zero-order valence-electron chi connectivity index (χ0n) is 8.32. The molecule has 0 unspecified atom stereocenters. The van der Waals surface area contributed by atoms with Crippen LogP contribution in [-0.2, 0) is 13.0 Å². The largest absolute Gasteiger partial charge is 0.454 e. The lowest BCUT2D eigenvalue weighted by atomic mass is 10.2. The van der Waals surface area contributed by atoms with Crippen LogP contribution in [0.3, 0.4) is 0 Å². The fraction of sp³-hybridized carbons (Fsp3) is 0.333. The molecule has 0 fully saturated rings. The number of hydrogen-bond acceptors (Lipinski definition) is 2. The molecule has 2 aliphatic heterocycles. The highest BCUT2D eigenvalue weighted by atomic mass is 16.7. The number of hydrogen-bond donors (Lipinski definition) is 0. The summed E-state index contributed by atoms with van der Waals surface area (Å²) in [6.07, 6.45) is 2.46. The van der Waals surface area contributed by atoms with E-state index in [1.54, 1.807) is 0 Å². The van der Waals surface area contributed by atoms with Gasteiger partial charge in [0.2, 0.25) is 6.79 Å². The average Bonchev–Trinajstić information content (AvgIpc) is 2.86. The maximum absolute atomic E-state index is 5.40. The zero-order chi connectivity index (χ0) is 9.83. The summed E-state index contributed by atoms with van der Waals surface area (Å²) >= 11 is 0. The molecule has 15 heavy (non-hydrogen) atoms. The quantitative estimate of drug-likeness (QED) is 0.653. The van der Waals surface area contributed by atoms with E-state index in [-0.39, 0.29) is 0 Å². The molecular formula is C12H11NO2. The first kappa shape index (κ1) is 7.63. The number of aromatic nitrogens is 1. The van der Waals surface area contributed by atoms with Gasteiger partial charge in [0.25, 0.3) is 0 Å². The van der Waals surface area contributed by atoms with E-state index in [1.807, 2.05) is 0 Å². The molecule has 4 rings (SSSR count). The molecule has 3 nitrogen and oxygen atoms in total. The summed E-state index contributed by atoms with van der Waals surface area (Å²) < 4.78 is 13.2. The van der Waals surface area contributed by atoms with Gasteiger partial charge >= 0.3 is 0 Å². The SMILES string of the molecule is c1c2c(cc3c1cc1n3CCC1)OCO2. The smallest absolute Gasteiger partial charge is 0.231 e. The van der Waals surface area contributed by atoms with E-state index < -0.39 is 0 Å². The van der Waals surface area contributed by atoms with Crippen molar-refractivity contribution in [2.24, 2.45) is 0 Å². The summed E-state index contributed by atoms with van der Waals surface area (Å²) in [5.74, 6) is 1.77. The van der Waals surface area contributed by atoms with E-state index in [0.717, 1.165) is 18.0 Å². The van der Waals surface area contributed by atoms with Crippen LogP contribution in [0.1, 0.15) is 12.1 Å². The molecule has 3 heterocycles. The number of benzene rings is 1. The maximum atomic E-state index is 5.40. The van der Waals surface area contributed by atoms with Gasteiger partial charge in [-0.3, -0.25) is 0 Å². The Hall–Kier alpha value is -1.64. The van der Waals surface area contributed by atoms with Crippen molar-refractivity contribution in [2.75, 3.05) is 6.79 Å². The van der Waals surface area contributed by atoms with E-state index in [4.69, 9.17) is 9.47 Å². The Balaban J connectivity index is 2.07. The average molecular weight is 201 g/mol. The summed E-state index contributed by atoms with van der Waals surface area (Å²) in [5.41, 5.74) is 2.72. The lowest BCUT2D eigenvalue weighted by Crippen LogP contribution is -1.93. The molecule has 2 aliphatic rings. The summed E-state index contributed by atoms with van der Waals surface area (Å²) in [4.78, 5) is 0. The summed E-state index contributed by atoms with van der Waals surface area (Å²) in [6, 6.07) is 6.46. The summed E-state index contributed by atoms with van der Waals surface area (Å²) in [6.45, 7) is 1.49. The van der Waals surface area contributed by atoms with Crippen LogP contribution in [0.15, 0.2) is 18.2 Å². The molecule has 0 saturated carbocycles. The molecule has 0 saturated heterocycles. The van der Waals surface area contributed by atoms with Crippen molar-refractivity contribution in [1.82, 2.24) is 4.57 Å². The molecule has 0 bridgehead atoms. The molecule has 3 heteroatoms. The second-order valence-corrected chi connectivity index (χ2v) is 4.16. The molecule has 0 N–H and O–H groups in total. The highest BCUT2D eigenvalue weighted by Gasteiger charge is 2.19. The van der Waals surface area contributed by atoms with E-state index in [2.05, 4.69) is 22.8 Å². The third-order valence-corrected chi connectivity index (χ3v) is 3.30. The van der Waals surface area contributed by atoms with Crippen LogP contribution in [-0.4, -0.2) is 11.4 Å².